The summed E-state index contributed by atoms with van der Waals surface area (Å²) < 4.78 is 5.88. The summed E-state index contributed by atoms with van der Waals surface area (Å²) in [5, 5.41) is 7.36. The van der Waals surface area contributed by atoms with Crippen LogP contribution in [0, 0.1) is 5.41 Å². The third-order valence-electron chi connectivity index (χ3n) is 7.61. The number of carbonyl (C=O) groups excluding carboxylic acids is 1. The number of ketones is 1. The van der Waals surface area contributed by atoms with Crippen LogP contribution in [0.4, 0.5) is 0 Å². The van der Waals surface area contributed by atoms with Crippen LogP contribution in [0.1, 0.15) is 83.0 Å². The van der Waals surface area contributed by atoms with Crippen molar-refractivity contribution < 1.29 is 9.53 Å². The lowest BCUT2D eigenvalue weighted by Gasteiger charge is -2.35. The molecule has 1 heterocycles. The number of Topliss-reactive ketones (excluding diaryl/α,β-unsaturated/α-hetero) is 1. The molecule has 2 aliphatic rings. The minimum absolute atomic E-state index is 0.0897. The summed E-state index contributed by atoms with van der Waals surface area (Å²) in [5.74, 6) is 0.215. The van der Waals surface area contributed by atoms with Gasteiger partial charge in [0.2, 0.25) is 0 Å². The summed E-state index contributed by atoms with van der Waals surface area (Å²) in [6, 6.07) is 6.49. The Bertz CT molecular complexity index is 1080. The van der Waals surface area contributed by atoms with E-state index >= 15 is 0 Å². The molecule has 208 valence electrons. The van der Waals surface area contributed by atoms with Crippen molar-refractivity contribution in [3.05, 3.63) is 82.4 Å². The molecule has 0 bridgehead atoms. The van der Waals surface area contributed by atoms with Gasteiger partial charge in [0.05, 0.1) is 30.6 Å². The molecule has 1 aromatic rings. The number of rotatable bonds is 13. The normalized spacial score (nSPS) is 19.4. The Morgan fingerprint density at radius 1 is 1.13 bits per heavy atom. The molecule has 1 aliphatic heterocycles. The molecule has 0 spiro atoms. The summed E-state index contributed by atoms with van der Waals surface area (Å²) in [6.07, 6.45) is 11.7. The van der Waals surface area contributed by atoms with Gasteiger partial charge >= 0.3 is 0 Å². The van der Waals surface area contributed by atoms with Gasteiger partial charge < -0.3 is 20.3 Å². The van der Waals surface area contributed by atoms with Gasteiger partial charge in [0.1, 0.15) is 0 Å². The van der Waals surface area contributed by atoms with Crippen LogP contribution in [-0.4, -0.2) is 44.0 Å². The maximum atomic E-state index is 13.6. The molecule has 3 rings (SSSR count). The minimum atomic E-state index is -0.212. The molecule has 1 aliphatic carbocycles. The number of aryl methyl sites for hydroxylation is 2. The molecule has 0 saturated carbocycles. The van der Waals surface area contributed by atoms with Gasteiger partial charge in [-0.25, -0.2) is 0 Å². The van der Waals surface area contributed by atoms with Crippen molar-refractivity contribution in [1.29, 1.82) is 0 Å². The van der Waals surface area contributed by atoms with Crippen molar-refractivity contribution in [3.8, 4) is 0 Å². The maximum Gasteiger partial charge on any atom is 0.163 e. The topological polar surface area (TPSA) is 53.6 Å². The molecule has 0 aromatic heterocycles. The standard InChI is InChI=1S/C33H49N3O2/c1-8-12-17-36(7)18-20-38-19-13-14-28-27(11-4)35-32(26-16-15-24(9-2)21-25(26)10-3)31-29(34-28)22-33(5,6)23-30(31)37/h11,13-16,21,32,34-35H,4,8-10,12,17-20,22-23H2,1-3,5-7H3/b14-13+. The second kappa shape index (κ2) is 14.0. The fourth-order valence-electron chi connectivity index (χ4n) is 5.39. The van der Waals surface area contributed by atoms with E-state index in [4.69, 9.17) is 4.74 Å². The lowest BCUT2D eigenvalue weighted by molar-refractivity contribution is -0.118. The van der Waals surface area contributed by atoms with Crippen LogP contribution in [0.5, 0.6) is 0 Å². The summed E-state index contributed by atoms with van der Waals surface area (Å²) in [4.78, 5) is 15.9. The second-order valence-corrected chi connectivity index (χ2v) is 11.4. The maximum absolute atomic E-state index is 13.6. The van der Waals surface area contributed by atoms with Gasteiger partial charge in [-0.2, -0.15) is 0 Å². The lowest BCUT2D eigenvalue weighted by atomic mass is 9.73. The summed E-state index contributed by atoms with van der Waals surface area (Å²) >= 11 is 0. The molecule has 0 radical (unpaired) electrons. The van der Waals surface area contributed by atoms with Gasteiger partial charge in [0, 0.05) is 24.2 Å². The molecule has 0 amide bonds. The number of hydrogen-bond acceptors (Lipinski definition) is 5. The van der Waals surface area contributed by atoms with Gasteiger partial charge in [-0.05, 0) is 73.5 Å². The first-order valence-electron chi connectivity index (χ1n) is 14.4. The Hall–Kier alpha value is -2.63. The zero-order chi connectivity index (χ0) is 27.7. The quantitative estimate of drug-likeness (QED) is 0.296. The molecule has 1 aromatic carbocycles. The van der Waals surface area contributed by atoms with Gasteiger partial charge in [0.15, 0.2) is 5.78 Å². The fourth-order valence-corrected chi connectivity index (χ4v) is 5.39. The average Bonchev–Trinajstić information content (AvgIpc) is 3.04. The SMILES string of the molecule is C=CC1=C(/C=C/COCCN(C)CCCC)NC2=C(C(=O)CC(C)(C)C2)C(c2ccc(CC)cc2CC)N1. The first kappa shape index (κ1) is 29.9. The Balaban J connectivity index is 1.88. The van der Waals surface area contributed by atoms with Gasteiger partial charge in [-0.3, -0.25) is 4.79 Å². The number of benzene rings is 1. The number of hydrogen-bond donors (Lipinski definition) is 2. The van der Waals surface area contributed by atoms with E-state index in [1.807, 2.05) is 12.2 Å². The first-order chi connectivity index (χ1) is 18.2. The van der Waals surface area contributed by atoms with Gasteiger partial charge in [-0.1, -0.05) is 71.9 Å². The van der Waals surface area contributed by atoms with Crippen molar-refractivity contribution in [2.45, 2.75) is 79.2 Å². The van der Waals surface area contributed by atoms with E-state index in [1.165, 1.54) is 29.5 Å². The average molecular weight is 520 g/mol. The highest BCUT2D eigenvalue weighted by atomic mass is 16.5. The lowest BCUT2D eigenvalue weighted by Crippen LogP contribution is -2.34. The number of ether oxygens (including phenoxy) is 1. The number of nitrogens with one attached hydrogen (secondary N) is 2. The Morgan fingerprint density at radius 2 is 1.92 bits per heavy atom. The smallest absolute Gasteiger partial charge is 0.163 e. The molecule has 1 unspecified atom stereocenters. The molecule has 5 nitrogen and oxygen atoms in total. The van der Waals surface area contributed by atoms with Crippen LogP contribution in [0.25, 0.3) is 0 Å². The highest BCUT2D eigenvalue weighted by Gasteiger charge is 2.39. The van der Waals surface area contributed by atoms with E-state index in [0.29, 0.717) is 19.6 Å². The molecule has 5 heteroatoms. The van der Waals surface area contributed by atoms with E-state index in [-0.39, 0.29) is 17.2 Å². The minimum Gasteiger partial charge on any atom is -0.376 e. The van der Waals surface area contributed by atoms with Gasteiger partial charge in [0.25, 0.3) is 0 Å². The molecular formula is C33H49N3O2. The molecule has 0 fully saturated rings. The molecule has 0 saturated heterocycles. The van der Waals surface area contributed by atoms with Crippen molar-refractivity contribution in [3.63, 3.8) is 0 Å². The number of allylic oxidation sites excluding steroid dienone is 3. The predicted octanol–water partition coefficient (Wildman–Crippen LogP) is 6.39. The Kier molecular flexibility index (Phi) is 11.0. The summed E-state index contributed by atoms with van der Waals surface area (Å²) in [6.45, 7) is 18.3. The Morgan fingerprint density at radius 3 is 2.61 bits per heavy atom. The molecule has 2 N–H and O–H groups in total. The van der Waals surface area contributed by atoms with Crippen LogP contribution < -0.4 is 10.6 Å². The molecule has 1 atom stereocenters. The fraction of sp³-hybridized carbons (Fsp3) is 0.545. The number of carbonyl (C=O) groups is 1. The molecule has 38 heavy (non-hydrogen) atoms. The van der Waals surface area contributed by atoms with E-state index in [1.54, 1.807) is 0 Å². The largest absolute Gasteiger partial charge is 0.376 e. The number of unbranched alkanes of at least 4 members (excludes halogenated alkanes) is 1. The van der Waals surface area contributed by atoms with E-state index in [0.717, 1.165) is 55.0 Å². The zero-order valence-electron chi connectivity index (χ0n) is 24.6. The van der Waals surface area contributed by atoms with Crippen LogP contribution in [-0.2, 0) is 22.4 Å². The summed E-state index contributed by atoms with van der Waals surface area (Å²) in [7, 11) is 2.14. The number of nitrogens with zero attached hydrogens (tertiary/aromatic N) is 1. The second-order valence-electron chi connectivity index (χ2n) is 11.4. The van der Waals surface area contributed by atoms with Crippen LogP contribution in [0.15, 0.2) is 65.7 Å². The van der Waals surface area contributed by atoms with Crippen LogP contribution in [0.2, 0.25) is 0 Å². The predicted molar refractivity (Wildman–Crippen MR) is 159 cm³/mol. The van der Waals surface area contributed by atoms with Crippen LogP contribution in [0.3, 0.4) is 0 Å². The van der Waals surface area contributed by atoms with Crippen LogP contribution >= 0.6 is 0 Å². The zero-order valence-corrected chi connectivity index (χ0v) is 24.6. The number of likely N-dealkylation sites (N-methyl/N-ethyl adjacent to an activating group) is 1. The van der Waals surface area contributed by atoms with E-state index < -0.39 is 0 Å². The summed E-state index contributed by atoms with van der Waals surface area (Å²) in [5.41, 5.74) is 7.38. The van der Waals surface area contributed by atoms with Crippen molar-refractivity contribution in [1.82, 2.24) is 15.5 Å². The third-order valence-corrected chi connectivity index (χ3v) is 7.61. The monoisotopic (exact) mass is 519 g/mol. The van der Waals surface area contributed by atoms with Gasteiger partial charge in [-0.15, -0.1) is 0 Å². The van der Waals surface area contributed by atoms with Crippen molar-refractivity contribution in [2.24, 2.45) is 5.41 Å². The first-order valence-corrected chi connectivity index (χ1v) is 14.4. The van der Waals surface area contributed by atoms with Crippen molar-refractivity contribution >= 4 is 5.78 Å². The third kappa shape index (κ3) is 7.70. The Labute approximate surface area is 231 Å². The van der Waals surface area contributed by atoms with Crippen molar-refractivity contribution in [2.75, 3.05) is 33.4 Å². The highest BCUT2D eigenvalue weighted by Crippen LogP contribution is 2.42. The van der Waals surface area contributed by atoms with E-state index in [9.17, 15) is 4.79 Å². The molecular weight excluding hydrogens is 470 g/mol. The van der Waals surface area contributed by atoms with E-state index in [2.05, 4.69) is 88.1 Å². The highest BCUT2D eigenvalue weighted by molar-refractivity contribution is 5.99.